The third kappa shape index (κ3) is 2.55. The van der Waals surface area contributed by atoms with Crippen molar-refractivity contribution in [1.82, 2.24) is 4.98 Å². The highest BCUT2D eigenvalue weighted by Crippen LogP contribution is 2.13. The Morgan fingerprint density at radius 1 is 1.18 bits per heavy atom. The van der Waals surface area contributed by atoms with Crippen LogP contribution in [0, 0.1) is 11.3 Å². The van der Waals surface area contributed by atoms with E-state index >= 15 is 0 Å². The predicted molar refractivity (Wildman–Crippen MR) is 79.4 cm³/mol. The first kappa shape index (κ1) is 13.5. The number of anilines is 1. The van der Waals surface area contributed by atoms with E-state index in [0.717, 1.165) is 0 Å². The number of para-hydroxylation sites is 1. The molecule has 106 valence electrons. The Morgan fingerprint density at radius 3 is 2.82 bits per heavy atom. The topological polar surface area (TPSA) is 96.0 Å². The molecule has 3 aromatic rings. The number of pyridine rings is 1. The monoisotopic (exact) mass is 291 g/mol. The van der Waals surface area contributed by atoms with Crippen LogP contribution in [0.3, 0.4) is 0 Å². The molecule has 0 atom stereocenters. The van der Waals surface area contributed by atoms with Crippen molar-refractivity contribution in [1.29, 1.82) is 5.26 Å². The molecule has 0 spiro atoms. The molecule has 0 fully saturated rings. The second kappa shape index (κ2) is 5.50. The number of carbonyl (C=O) groups excluding carboxylic acids is 1. The number of amides is 1. The van der Waals surface area contributed by atoms with Gasteiger partial charge in [-0.1, -0.05) is 24.3 Å². The highest BCUT2D eigenvalue weighted by molar-refractivity contribution is 6.04. The summed E-state index contributed by atoms with van der Waals surface area (Å²) in [6, 6.07) is 14.9. The van der Waals surface area contributed by atoms with Crippen molar-refractivity contribution < 1.29 is 9.21 Å². The number of benzene rings is 1. The summed E-state index contributed by atoms with van der Waals surface area (Å²) in [7, 11) is 0. The van der Waals surface area contributed by atoms with Gasteiger partial charge in [-0.05, 0) is 24.3 Å². The van der Waals surface area contributed by atoms with Crippen LogP contribution in [0.15, 0.2) is 57.7 Å². The van der Waals surface area contributed by atoms with Crippen molar-refractivity contribution in [3.63, 3.8) is 0 Å². The molecule has 1 amide bonds. The van der Waals surface area contributed by atoms with Crippen LogP contribution in [0.25, 0.3) is 11.0 Å². The van der Waals surface area contributed by atoms with Crippen LogP contribution in [0.2, 0.25) is 0 Å². The van der Waals surface area contributed by atoms with Crippen molar-refractivity contribution in [2.24, 2.45) is 0 Å². The number of aromatic nitrogens is 1. The van der Waals surface area contributed by atoms with Gasteiger partial charge in [-0.2, -0.15) is 5.26 Å². The van der Waals surface area contributed by atoms with E-state index in [-0.39, 0.29) is 17.1 Å². The fourth-order valence-electron chi connectivity index (χ4n) is 1.97. The molecule has 2 heterocycles. The number of hydrogen-bond donors (Lipinski definition) is 1. The first-order valence-electron chi connectivity index (χ1n) is 6.39. The molecule has 0 aliphatic heterocycles. The van der Waals surface area contributed by atoms with E-state index < -0.39 is 11.5 Å². The summed E-state index contributed by atoms with van der Waals surface area (Å²) in [5.74, 6) is -0.446. The van der Waals surface area contributed by atoms with Crippen molar-refractivity contribution in [2.45, 2.75) is 0 Å². The summed E-state index contributed by atoms with van der Waals surface area (Å²) in [4.78, 5) is 28.0. The number of nitrogens with zero attached hydrogens (tertiary/aromatic N) is 2. The zero-order chi connectivity index (χ0) is 15.5. The molecule has 0 aliphatic rings. The van der Waals surface area contributed by atoms with Gasteiger partial charge in [0.2, 0.25) is 0 Å². The Balaban J connectivity index is 1.96. The smallest absolute Gasteiger partial charge is 0.349 e. The average molecular weight is 291 g/mol. The molecule has 2 aromatic heterocycles. The maximum Gasteiger partial charge on any atom is 0.349 e. The van der Waals surface area contributed by atoms with Gasteiger partial charge < -0.3 is 9.73 Å². The summed E-state index contributed by atoms with van der Waals surface area (Å²) >= 11 is 0. The lowest BCUT2D eigenvalue weighted by molar-refractivity contribution is 0.102. The van der Waals surface area contributed by atoms with Gasteiger partial charge in [0.15, 0.2) is 0 Å². The van der Waals surface area contributed by atoms with Crippen molar-refractivity contribution in [3.05, 3.63) is 70.2 Å². The van der Waals surface area contributed by atoms with E-state index in [0.29, 0.717) is 11.0 Å². The third-order valence-electron chi connectivity index (χ3n) is 2.99. The lowest BCUT2D eigenvalue weighted by Gasteiger charge is -2.04. The van der Waals surface area contributed by atoms with E-state index in [2.05, 4.69) is 10.3 Å². The highest BCUT2D eigenvalue weighted by Gasteiger charge is 2.14. The van der Waals surface area contributed by atoms with Gasteiger partial charge in [-0.25, -0.2) is 9.78 Å². The molecular formula is C16H9N3O3. The molecule has 0 aliphatic carbocycles. The second-order valence-electron chi connectivity index (χ2n) is 4.46. The number of fused-ring (bicyclic) bond motifs is 1. The predicted octanol–water partition coefficient (Wildman–Crippen LogP) is 2.31. The zero-order valence-electron chi connectivity index (χ0n) is 11.2. The van der Waals surface area contributed by atoms with Crippen LogP contribution in [0.4, 0.5) is 5.82 Å². The first-order chi connectivity index (χ1) is 10.7. The molecule has 0 saturated heterocycles. The first-order valence-corrected chi connectivity index (χ1v) is 6.39. The van der Waals surface area contributed by atoms with Crippen LogP contribution in [-0.4, -0.2) is 10.9 Å². The Morgan fingerprint density at radius 2 is 2.00 bits per heavy atom. The van der Waals surface area contributed by atoms with E-state index in [1.54, 1.807) is 30.3 Å². The fraction of sp³-hybridized carbons (Fsp3) is 0. The van der Waals surface area contributed by atoms with E-state index in [4.69, 9.17) is 9.68 Å². The van der Waals surface area contributed by atoms with Gasteiger partial charge in [0.1, 0.15) is 28.7 Å². The summed E-state index contributed by atoms with van der Waals surface area (Å²) in [5.41, 5.74) is -0.271. The van der Waals surface area contributed by atoms with Crippen LogP contribution >= 0.6 is 0 Å². The van der Waals surface area contributed by atoms with Crippen molar-refractivity contribution in [2.75, 3.05) is 5.32 Å². The quantitative estimate of drug-likeness (QED) is 0.731. The molecule has 1 N–H and O–H groups in total. The molecule has 0 unspecified atom stereocenters. The highest BCUT2D eigenvalue weighted by atomic mass is 16.4. The third-order valence-corrected chi connectivity index (χ3v) is 2.99. The number of hydrogen-bond acceptors (Lipinski definition) is 5. The lowest BCUT2D eigenvalue weighted by atomic mass is 10.2. The second-order valence-corrected chi connectivity index (χ2v) is 4.46. The van der Waals surface area contributed by atoms with Crippen molar-refractivity contribution in [3.8, 4) is 6.07 Å². The van der Waals surface area contributed by atoms with Crippen LogP contribution in [-0.2, 0) is 0 Å². The Hall–Kier alpha value is -3.46. The summed E-state index contributed by atoms with van der Waals surface area (Å²) in [5, 5.41) is 11.9. The summed E-state index contributed by atoms with van der Waals surface area (Å²) < 4.78 is 5.11. The van der Waals surface area contributed by atoms with Gasteiger partial charge in [0, 0.05) is 5.39 Å². The van der Waals surface area contributed by atoms with Gasteiger partial charge in [0.05, 0.1) is 0 Å². The normalized spacial score (nSPS) is 10.1. The van der Waals surface area contributed by atoms with E-state index in [1.807, 2.05) is 6.07 Å². The number of carbonyl (C=O) groups is 1. The minimum absolute atomic E-state index is 0.122. The van der Waals surface area contributed by atoms with Gasteiger partial charge in [-0.15, -0.1) is 0 Å². The molecular weight excluding hydrogens is 282 g/mol. The summed E-state index contributed by atoms with van der Waals surface area (Å²) in [6.45, 7) is 0. The fourth-order valence-corrected chi connectivity index (χ4v) is 1.97. The minimum Gasteiger partial charge on any atom is -0.422 e. The SMILES string of the molecule is N#Cc1cccc(NC(=O)c2cc3ccccc3oc2=O)n1. The van der Waals surface area contributed by atoms with Crippen molar-refractivity contribution >= 4 is 22.7 Å². The minimum atomic E-state index is -0.729. The van der Waals surface area contributed by atoms with E-state index in [9.17, 15) is 9.59 Å². The van der Waals surface area contributed by atoms with Crippen LogP contribution in [0.1, 0.15) is 16.1 Å². The number of nitriles is 1. The number of nitrogens with one attached hydrogen (secondary N) is 1. The molecule has 0 radical (unpaired) electrons. The number of rotatable bonds is 2. The summed E-state index contributed by atoms with van der Waals surface area (Å²) in [6.07, 6.45) is 0. The standard InChI is InChI=1S/C16H9N3O3/c17-9-11-5-3-7-14(18-11)19-15(20)12-8-10-4-1-2-6-13(10)22-16(12)21/h1-8H,(H,18,19,20). The Bertz CT molecular complexity index is 970. The maximum absolute atomic E-state index is 12.2. The molecule has 6 heteroatoms. The maximum atomic E-state index is 12.2. The molecule has 6 nitrogen and oxygen atoms in total. The molecule has 0 saturated carbocycles. The van der Waals surface area contributed by atoms with E-state index in [1.165, 1.54) is 18.2 Å². The van der Waals surface area contributed by atoms with Gasteiger partial charge in [0.25, 0.3) is 5.91 Å². The Kier molecular flexibility index (Phi) is 3.38. The Labute approximate surface area is 124 Å². The van der Waals surface area contributed by atoms with Crippen LogP contribution < -0.4 is 10.9 Å². The lowest BCUT2D eigenvalue weighted by Crippen LogP contribution is -2.21. The molecule has 1 aromatic carbocycles. The molecule has 0 bridgehead atoms. The largest absolute Gasteiger partial charge is 0.422 e. The van der Waals surface area contributed by atoms with Crippen LogP contribution in [0.5, 0.6) is 0 Å². The van der Waals surface area contributed by atoms with Gasteiger partial charge >= 0.3 is 5.63 Å². The molecule has 3 rings (SSSR count). The zero-order valence-corrected chi connectivity index (χ0v) is 11.2. The van der Waals surface area contributed by atoms with Gasteiger partial charge in [-0.3, -0.25) is 4.79 Å². The average Bonchev–Trinajstić information content (AvgIpc) is 2.54. The molecule has 22 heavy (non-hydrogen) atoms.